The first-order valence-corrected chi connectivity index (χ1v) is 9.18. The molecule has 0 radical (unpaired) electrons. The van der Waals surface area contributed by atoms with Gasteiger partial charge in [0, 0.05) is 30.7 Å². The van der Waals surface area contributed by atoms with E-state index in [4.69, 9.17) is 0 Å². The van der Waals surface area contributed by atoms with Crippen LogP contribution in [-0.2, 0) is 10.0 Å². The van der Waals surface area contributed by atoms with Crippen LogP contribution < -0.4 is 0 Å². The van der Waals surface area contributed by atoms with Gasteiger partial charge in [-0.25, -0.2) is 8.42 Å². The second-order valence-electron chi connectivity index (χ2n) is 6.03. The van der Waals surface area contributed by atoms with E-state index >= 15 is 0 Å². The van der Waals surface area contributed by atoms with Crippen molar-refractivity contribution in [2.45, 2.75) is 23.8 Å². The van der Waals surface area contributed by atoms with E-state index in [1.165, 1.54) is 6.42 Å². The monoisotopic (exact) mass is 317 g/mol. The maximum absolute atomic E-state index is 13.0. The molecule has 5 nitrogen and oxygen atoms in total. The van der Waals surface area contributed by atoms with Gasteiger partial charge < -0.3 is 0 Å². The van der Waals surface area contributed by atoms with Crippen molar-refractivity contribution in [3.63, 3.8) is 0 Å². The van der Waals surface area contributed by atoms with Gasteiger partial charge >= 0.3 is 0 Å². The fourth-order valence-corrected chi connectivity index (χ4v) is 5.01. The molecule has 0 N–H and O–H groups in total. The van der Waals surface area contributed by atoms with Gasteiger partial charge in [0.25, 0.3) is 0 Å². The summed E-state index contributed by atoms with van der Waals surface area (Å²) in [5.41, 5.74) is 0.567. The number of sulfonamides is 1. The highest BCUT2D eigenvalue weighted by Crippen LogP contribution is 2.29. The summed E-state index contributed by atoms with van der Waals surface area (Å²) in [7, 11) is -3.47. The first-order chi connectivity index (χ1) is 10.7. The molecule has 1 aromatic heterocycles. The zero-order valence-corrected chi connectivity index (χ0v) is 13.2. The van der Waals surface area contributed by atoms with Gasteiger partial charge in [-0.05, 0) is 38.1 Å². The van der Waals surface area contributed by atoms with Crippen LogP contribution in [0, 0.1) is 0 Å². The smallest absolute Gasteiger partial charge is 0.245 e. The minimum Gasteiger partial charge on any atom is -0.299 e. The minimum atomic E-state index is -3.47. The summed E-state index contributed by atoms with van der Waals surface area (Å²) in [6, 6.07) is 9.46. The second kappa shape index (κ2) is 5.30. The average Bonchev–Trinajstić information content (AvgIpc) is 2.95. The summed E-state index contributed by atoms with van der Waals surface area (Å²) in [5, 5.41) is 0.863. The maximum Gasteiger partial charge on any atom is 0.245 e. The van der Waals surface area contributed by atoms with Crippen molar-refractivity contribution in [2.75, 3.05) is 26.2 Å². The molecule has 1 atom stereocenters. The molecular formula is C16H19N3O2S. The van der Waals surface area contributed by atoms with Gasteiger partial charge in [0.2, 0.25) is 10.0 Å². The number of hydrogen-bond donors (Lipinski definition) is 0. The summed E-state index contributed by atoms with van der Waals surface area (Å²) >= 11 is 0. The third kappa shape index (κ3) is 2.22. The number of aromatic nitrogens is 1. The number of pyridine rings is 1. The van der Waals surface area contributed by atoms with Gasteiger partial charge in [0.1, 0.15) is 4.90 Å². The van der Waals surface area contributed by atoms with Gasteiger partial charge in [-0.1, -0.05) is 18.2 Å². The van der Waals surface area contributed by atoms with Crippen molar-refractivity contribution in [2.24, 2.45) is 0 Å². The molecular weight excluding hydrogens is 298 g/mol. The molecule has 2 aromatic rings. The molecule has 1 aromatic carbocycles. The Morgan fingerprint density at radius 3 is 2.68 bits per heavy atom. The molecule has 6 heteroatoms. The number of hydrogen-bond acceptors (Lipinski definition) is 4. The fraction of sp³-hybridized carbons (Fsp3) is 0.438. The lowest BCUT2D eigenvalue weighted by Crippen LogP contribution is -2.46. The topological polar surface area (TPSA) is 53.5 Å². The molecule has 2 saturated heterocycles. The molecule has 0 spiro atoms. The third-order valence-corrected chi connectivity index (χ3v) is 6.64. The van der Waals surface area contributed by atoms with Crippen LogP contribution >= 0.6 is 0 Å². The quantitative estimate of drug-likeness (QED) is 0.865. The number of rotatable bonds is 3. The van der Waals surface area contributed by atoms with Crippen LogP contribution in [0.5, 0.6) is 0 Å². The van der Waals surface area contributed by atoms with E-state index in [9.17, 15) is 8.42 Å². The predicted molar refractivity (Wildman–Crippen MR) is 85.1 cm³/mol. The minimum absolute atomic E-state index is 0.329. The van der Waals surface area contributed by atoms with Crippen LogP contribution in [0.4, 0.5) is 0 Å². The Morgan fingerprint density at radius 2 is 1.91 bits per heavy atom. The first kappa shape index (κ1) is 14.1. The van der Waals surface area contributed by atoms with Gasteiger partial charge in [-0.3, -0.25) is 9.88 Å². The second-order valence-corrected chi connectivity index (χ2v) is 7.93. The summed E-state index contributed by atoms with van der Waals surface area (Å²) in [5.74, 6) is 0. The van der Waals surface area contributed by atoms with Crippen LogP contribution in [0.15, 0.2) is 41.4 Å². The maximum atomic E-state index is 13.0. The van der Waals surface area contributed by atoms with Crippen molar-refractivity contribution in [1.29, 1.82) is 0 Å². The highest BCUT2D eigenvalue weighted by Gasteiger charge is 2.37. The Bertz CT molecular complexity index is 797. The largest absolute Gasteiger partial charge is 0.299 e. The number of likely N-dealkylation sites (tertiary alicyclic amines) is 1. The Hall–Kier alpha value is -1.50. The van der Waals surface area contributed by atoms with Crippen LogP contribution in [0.2, 0.25) is 0 Å². The van der Waals surface area contributed by atoms with E-state index in [2.05, 4.69) is 9.88 Å². The van der Waals surface area contributed by atoms with Crippen LogP contribution in [0.1, 0.15) is 12.8 Å². The zero-order valence-electron chi connectivity index (χ0n) is 12.4. The summed E-state index contributed by atoms with van der Waals surface area (Å²) in [4.78, 5) is 7.00. The average molecular weight is 317 g/mol. The van der Waals surface area contributed by atoms with Crippen molar-refractivity contribution in [3.05, 3.63) is 36.5 Å². The highest BCUT2D eigenvalue weighted by atomic mass is 32.2. The molecule has 2 aliphatic heterocycles. The molecule has 116 valence electrons. The summed E-state index contributed by atoms with van der Waals surface area (Å²) < 4.78 is 27.6. The summed E-state index contributed by atoms with van der Waals surface area (Å²) in [6.07, 6.45) is 3.81. The van der Waals surface area contributed by atoms with Crippen molar-refractivity contribution < 1.29 is 8.42 Å². The molecule has 3 heterocycles. The Balaban J connectivity index is 1.68. The van der Waals surface area contributed by atoms with E-state index < -0.39 is 10.0 Å². The van der Waals surface area contributed by atoms with Crippen LogP contribution in [-0.4, -0.2) is 54.8 Å². The van der Waals surface area contributed by atoms with Gasteiger partial charge in [-0.2, -0.15) is 4.31 Å². The number of benzene rings is 1. The molecule has 0 aliphatic carbocycles. The standard InChI is InChI=1S/C16H19N3O2S/c20-22(21,19-11-7-14(12-19)18-9-3-10-18)15-6-1-4-13-5-2-8-17-16(13)15/h1-2,4-6,8,14H,3,7,9-12H2/t14-/m0/s1. The molecule has 0 bridgehead atoms. The van der Waals surface area contributed by atoms with Crippen LogP contribution in [0.25, 0.3) is 10.9 Å². The Kier molecular flexibility index (Phi) is 3.40. The van der Waals surface area contributed by atoms with E-state index in [1.54, 1.807) is 22.6 Å². The molecule has 0 amide bonds. The lowest BCUT2D eigenvalue weighted by molar-refractivity contribution is 0.125. The van der Waals surface area contributed by atoms with E-state index in [-0.39, 0.29) is 0 Å². The van der Waals surface area contributed by atoms with E-state index in [0.29, 0.717) is 29.5 Å². The number of nitrogens with zero attached hydrogens (tertiary/aromatic N) is 3. The zero-order chi connectivity index (χ0) is 15.2. The Morgan fingerprint density at radius 1 is 1.09 bits per heavy atom. The molecule has 0 unspecified atom stereocenters. The number of para-hydroxylation sites is 1. The van der Waals surface area contributed by atoms with Crippen LogP contribution in [0.3, 0.4) is 0 Å². The van der Waals surface area contributed by atoms with Crippen molar-refractivity contribution >= 4 is 20.9 Å². The molecule has 2 fully saturated rings. The van der Waals surface area contributed by atoms with Crippen molar-refractivity contribution in [3.8, 4) is 0 Å². The van der Waals surface area contributed by atoms with Gasteiger partial charge in [0.05, 0.1) is 5.52 Å². The van der Waals surface area contributed by atoms with E-state index in [1.807, 2.05) is 18.2 Å². The lowest BCUT2D eigenvalue weighted by Gasteiger charge is -2.36. The van der Waals surface area contributed by atoms with E-state index in [0.717, 1.165) is 24.9 Å². The highest BCUT2D eigenvalue weighted by molar-refractivity contribution is 7.89. The molecule has 2 aliphatic rings. The molecule has 22 heavy (non-hydrogen) atoms. The normalized spacial score (nSPS) is 23.7. The lowest BCUT2D eigenvalue weighted by atomic mass is 10.1. The SMILES string of the molecule is O=S(=O)(c1cccc2cccnc12)N1CC[C@H](N2CCC2)C1. The molecule has 0 saturated carbocycles. The fourth-order valence-electron chi connectivity index (χ4n) is 3.36. The predicted octanol–water partition coefficient (Wildman–Crippen LogP) is 1.70. The third-order valence-electron chi connectivity index (χ3n) is 4.75. The Labute approximate surface area is 130 Å². The van der Waals surface area contributed by atoms with Gasteiger partial charge in [-0.15, -0.1) is 0 Å². The van der Waals surface area contributed by atoms with Crippen molar-refractivity contribution in [1.82, 2.24) is 14.2 Å². The van der Waals surface area contributed by atoms with Gasteiger partial charge in [0.15, 0.2) is 0 Å². The molecule has 4 rings (SSSR count). The number of fused-ring (bicyclic) bond motifs is 1. The first-order valence-electron chi connectivity index (χ1n) is 7.74. The summed E-state index contributed by atoms with van der Waals surface area (Å²) in [6.45, 7) is 3.42.